The second kappa shape index (κ2) is 10.3. The molecule has 10 nitrogen and oxygen atoms in total. The van der Waals surface area contributed by atoms with Crippen molar-refractivity contribution in [2.75, 3.05) is 18.5 Å². The van der Waals surface area contributed by atoms with Crippen LogP contribution in [0.4, 0.5) is 15.3 Å². The second-order valence-electron chi connectivity index (χ2n) is 9.45. The predicted octanol–water partition coefficient (Wildman–Crippen LogP) is 3.91. The molecule has 1 aromatic rings. The summed E-state index contributed by atoms with van der Waals surface area (Å²) >= 11 is 6.10. The molecule has 35 heavy (non-hydrogen) atoms. The number of alkyl carbamates (subject to hydrolysis) is 1. The van der Waals surface area contributed by atoms with E-state index in [0.29, 0.717) is 10.7 Å². The monoisotopic (exact) mass is 510 g/mol. The van der Waals surface area contributed by atoms with Crippen LogP contribution in [0, 0.1) is 17.8 Å². The maximum atomic E-state index is 13.2. The Kier molecular flexibility index (Phi) is 7.83. The summed E-state index contributed by atoms with van der Waals surface area (Å²) in [4.78, 5) is 51.2. The molecular weight excluding hydrogens is 480 g/mol. The highest BCUT2D eigenvalue weighted by molar-refractivity contribution is 6.33. The van der Waals surface area contributed by atoms with E-state index >= 15 is 0 Å². The molecule has 0 spiro atoms. The minimum atomic E-state index is -1.63. The van der Waals surface area contributed by atoms with E-state index in [1.807, 2.05) is 0 Å². The molecule has 11 heteroatoms. The van der Waals surface area contributed by atoms with Gasteiger partial charge in [0.15, 0.2) is 0 Å². The second-order valence-corrected chi connectivity index (χ2v) is 9.86. The van der Waals surface area contributed by atoms with E-state index in [4.69, 9.17) is 30.5 Å². The number of amides is 2. The first-order valence-electron chi connectivity index (χ1n) is 11.5. The van der Waals surface area contributed by atoms with Crippen LogP contribution in [0.5, 0.6) is 0 Å². The Balaban J connectivity index is 1.87. The number of esters is 2. The number of hydrogen-bond donors (Lipinski definition) is 2. The molecule has 3 rings (SSSR count). The van der Waals surface area contributed by atoms with Crippen LogP contribution < -0.4 is 10.6 Å². The molecule has 0 radical (unpaired) electrons. The summed E-state index contributed by atoms with van der Waals surface area (Å²) in [5.74, 6) is -3.27. The van der Waals surface area contributed by atoms with Crippen LogP contribution in [-0.2, 0) is 28.5 Å². The summed E-state index contributed by atoms with van der Waals surface area (Å²) in [6.07, 6.45) is -2.63. The van der Waals surface area contributed by atoms with Crippen molar-refractivity contribution in [1.82, 2.24) is 5.32 Å². The predicted molar refractivity (Wildman–Crippen MR) is 126 cm³/mol. The van der Waals surface area contributed by atoms with Crippen LogP contribution in [0.2, 0.25) is 5.02 Å². The van der Waals surface area contributed by atoms with Gasteiger partial charge in [-0.05, 0) is 46.8 Å². The number of carbonyl (C=O) groups is 4. The van der Waals surface area contributed by atoms with Crippen molar-refractivity contribution >= 4 is 41.4 Å². The third-order valence-corrected chi connectivity index (χ3v) is 6.22. The van der Waals surface area contributed by atoms with Crippen molar-refractivity contribution < 1.29 is 38.1 Å². The lowest BCUT2D eigenvalue weighted by Gasteiger charge is -2.33. The molecule has 2 fully saturated rings. The van der Waals surface area contributed by atoms with Gasteiger partial charge in [0.25, 0.3) is 0 Å². The number of anilines is 1. The average Bonchev–Trinajstić information content (AvgIpc) is 3.42. The van der Waals surface area contributed by atoms with Crippen molar-refractivity contribution in [3.05, 3.63) is 29.3 Å². The van der Waals surface area contributed by atoms with Gasteiger partial charge in [-0.25, -0.2) is 14.4 Å². The van der Waals surface area contributed by atoms with E-state index in [2.05, 4.69) is 10.6 Å². The largest absolute Gasteiger partial charge is 0.466 e. The molecule has 0 aliphatic heterocycles. The molecule has 2 aliphatic rings. The lowest BCUT2D eigenvalue weighted by atomic mass is 9.89. The van der Waals surface area contributed by atoms with Gasteiger partial charge in [0.1, 0.15) is 17.2 Å². The molecule has 0 bridgehead atoms. The smallest absolute Gasteiger partial charge is 0.411 e. The highest BCUT2D eigenvalue weighted by Gasteiger charge is 2.77. The molecule has 0 heterocycles. The van der Waals surface area contributed by atoms with Gasteiger partial charge < -0.3 is 24.3 Å². The minimum absolute atomic E-state index is 0.0521. The Bertz CT molecular complexity index is 994. The van der Waals surface area contributed by atoms with Crippen molar-refractivity contribution in [3.8, 4) is 0 Å². The van der Waals surface area contributed by atoms with E-state index in [9.17, 15) is 19.2 Å². The Labute approximate surface area is 208 Å². The SMILES string of the molecule is CCOC(=O)C1C2C(OC(=O)Nc3ccccc3Cl)CC(NC(=O)OC(C)(C)C)(C(=O)OCC)C12. The van der Waals surface area contributed by atoms with Gasteiger partial charge in [-0.15, -0.1) is 0 Å². The molecule has 2 amide bonds. The van der Waals surface area contributed by atoms with Crippen LogP contribution in [0.25, 0.3) is 0 Å². The molecule has 2 aliphatic carbocycles. The summed E-state index contributed by atoms with van der Waals surface area (Å²) in [6.45, 7) is 8.54. The summed E-state index contributed by atoms with van der Waals surface area (Å²) in [5, 5.41) is 5.52. The molecule has 192 valence electrons. The first kappa shape index (κ1) is 26.6. The summed E-state index contributed by atoms with van der Waals surface area (Å²) < 4.78 is 21.4. The number of rotatable bonds is 7. The zero-order valence-corrected chi connectivity index (χ0v) is 21.1. The third-order valence-electron chi connectivity index (χ3n) is 5.89. The van der Waals surface area contributed by atoms with Gasteiger partial charge in [-0.2, -0.15) is 0 Å². The molecular formula is C24H31ClN2O8. The van der Waals surface area contributed by atoms with E-state index in [1.165, 1.54) is 0 Å². The van der Waals surface area contributed by atoms with E-state index in [0.717, 1.165) is 0 Å². The zero-order chi connectivity index (χ0) is 26.0. The first-order valence-corrected chi connectivity index (χ1v) is 11.9. The van der Waals surface area contributed by atoms with Gasteiger partial charge in [-0.3, -0.25) is 10.1 Å². The summed E-state index contributed by atoms with van der Waals surface area (Å²) in [6, 6.07) is 6.62. The van der Waals surface area contributed by atoms with Crippen LogP contribution in [0.15, 0.2) is 24.3 Å². The number of nitrogens with one attached hydrogen (secondary N) is 2. The lowest BCUT2D eigenvalue weighted by molar-refractivity contribution is -0.154. The molecule has 0 aromatic heterocycles. The van der Waals surface area contributed by atoms with Crippen LogP contribution >= 0.6 is 11.6 Å². The maximum Gasteiger partial charge on any atom is 0.411 e. The number of ether oxygens (including phenoxy) is 4. The number of carbonyl (C=O) groups excluding carboxylic acids is 4. The molecule has 2 N–H and O–H groups in total. The lowest BCUT2D eigenvalue weighted by Crippen LogP contribution is -2.58. The van der Waals surface area contributed by atoms with Gasteiger partial charge in [0, 0.05) is 18.3 Å². The zero-order valence-electron chi connectivity index (χ0n) is 20.4. The van der Waals surface area contributed by atoms with Gasteiger partial charge >= 0.3 is 24.1 Å². The van der Waals surface area contributed by atoms with Gasteiger partial charge in [-0.1, -0.05) is 23.7 Å². The number of hydrogen-bond acceptors (Lipinski definition) is 8. The summed E-state index contributed by atoms with van der Waals surface area (Å²) in [5.41, 5.74) is -2.11. The Hall–Kier alpha value is -3.01. The molecule has 2 saturated carbocycles. The number of benzene rings is 1. The van der Waals surface area contributed by atoms with Crippen molar-refractivity contribution in [2.24, 2.45) is 17.8 Å². The maximum absolute atomic E-state index is 13.2. The molecule has 1 aromatic carbocycles. The molecule has 5 atom stereocenters. The fraction of sp³-hybridized carbons (Fsp3) is 0.583. The fourth-order valence-electron chi connectivity index (χ4n) is 4.67. The Morgan fingerprint density at radius 1 is 1.06 bits per heavy atom. The number of halogens is 1. The quantitative estimate of drug-likeness (QED) is 0.417. The highest BCUT2D eigenvalue weighted by Crippen LogP contribution is 2.64. The Morgan fingerprint density at radius 3 is 2.31 bits per heavy atom. The van der Waals surface area contributed by atoms with Crippen molar-refractivity contribution in [1.29, 1.82) is 0 Å². The minimum Gasteiger partial charge on any atom is -0.466 e. The highest BCUT2D eigenvalue weighted by atomic mass is 35.5. The summed E-state index contributed by atoms with van der Waals surface area (Å²) in [7, 11) is 0. The topological polar surface area (TPSA) is 129 Å². The van der Waals surface area contributed by atoms with Gasteiger partial charge in [0.2, 0.25) is 0 Å². The number of para-hydroxylation sites is 1. The third kappa shape index (κ3) is 5.80. The Morgan fingerprint density at radius 2 is 1.71 bits per heavy atom. The van der Waals surface area contributed by atoms with Crippen molar-refractivity contribution in [2.45, 2.75) is 58.3 Å². The standard InChI is InChI=1S/C24H31ClN2O8/c1-6-32-19(28)17-16-15(34-21(30)26-14-11-9-8-10-13(14)25)12-24(18(16)17,20(29)33-7-2)27-22(31)35-23(3,4)5/h8-11,15-18H,6-7,12H2,1-5H3,(H,26,30)(H,27,31). The van der Waals surface area contributed by atoms with E-state index < -0.39 is 59.1 Å². The molecule has 5 unspecified atom stereocenters. The van der Waals surface area contributed by atoms with E-state index in [-0.39, 0.29) is 19.6 Å². The van der Waals surface area contributed by atoms with Gasteiger partial charge in [0.05, 0.1) is 29.8 Å². The van der Waals surface area contributed by atoms with Crippen LogP contribution in [0.1, 0.15) is 41.0 Å². The fourth-order valence-corrected chi connectivity index (χ4v) is 4.86. The van der Waals surface area contributed by atoms with Crippen LogP contribution in [0.3, 0.4) is 0 Å². The normalized spacial score (nSPS) is 26.7. The molecule has 0 saturated heterocycles. The number of fused-ring (bicyclic) bond motifs is 1. The van der Waals surface area contributed by atoms with E-state index in [1.54, 1.807) is 58.9 Å². The average molecular weight is 511 g/mol. The van der Waals surface area contributed by atoms with Crippen LogP contribution in [-0.4, -0.2) is 54.6 Å². The van der Waals surface area contributed by atoms with Crippen molar-refractivity contribution in [3.63, 3.8) is 0 Å². The first-order chi connectivity index (χ1) is 16.4.